The number of Topliss-reactive ketones (excluding diaryl/α,β-unsaturated/α-hetero) is 1. The standard InChI is InChI=1S/C19H22N2O2.C2H6/c1-11-14-4-5-18(2)7-12(9-20)15(22)6-16(18)19(14,3)8-13(10-21)17(11)23;1-2/h6,11-14H,4-5,7-8H2,1-3H3;1-2H3/t11?,12?,13?,14?,18-,19?;/m0./s1. The maximum Gasteiger partial charge on any atom is 0.172 e. The van der Waals surface area contributed by atoms with Crippen LogP contribution in [0.25, 0.3) is 0 Å². The first kappa shape index (κ1) is 19.4. The fourth-order valence-electron chi connectivity index (χ4n) is 5.48. The van der Waals surface area contributed by atoms with Gasteiger partial charge in [0.05, 0.1) is 12.1 Å². The molecule has 3 aliphatic carbocycles. The van der Waals surface area contributed by atoms with E-state index in [1.54, 1.807) is 6.08 Å². The molecule has 134 valence electrons. The molecule has 0 aliphatic heterocycles. The van der Waals surface area contributed by atoms with Gasteiger partial charge in [0.2, 0.25) is 0 Å². The average molecular weight is 340 g/mol. The van der Waals surface area contributed by atoms with Crippen LogP contribution in [0.1, 0.15) is 60.3 Å². The van der Waals surface area contributed by atoms with Crippen LogP contribution in [-0.4, -0.2) is 11.6 Å². The van der Waals surface area contributed by atoms with E-state index in [0.717, 1.165) is 18.4 Å². The maximum atomic E-state index is 12.4. The number of rotatable bonds is 0. The van der Waals surface area contributed by atoms with E-state index in [0.29, 0.717) is 12.8 Å². The molecule has 4 heteroatoms. The van der Waals surface area contributed by atoms with Gasteiger partial charge in [0.15, 0.2) is 11.6 Å². The number of hydrogen-bond acceptors (Lipinski definition) is 4. The second-order valence-corrected chi connectivity index (χ2v) is 8.05. The summed E-state index contributed by atoms with van der Waals surface area (Å²) in [5.74, 6) is -1.16. The van der Waals surface area contributed by atoms with E-state index >= 15 is 0 Å². The molecule has 0 aromatic rings. The zero-order chi connectivity index (χ0) is 19.0. The maximum absolute atomic E-state index is 12.4. The number of carbonyl (C=O) groups is 2. The molecular formula is C21H28N2O2. The van der Waals surface area contributed by atoms with Crippen LogP contribution in [-0.2, 0) is 9.59 Å². The van der Waals surface area contributed by atoms with E-state index in [4.69, 9.17) is 0 Å². The third-order valence-corrected chi connectivity index (χ3v) is 6.71. The third-order valence-electron chi connectivity index (χ3n) is 6.71. The highest BCUT2D eigenvalue weighted by Crippen LogP contribution is 2.63. The van der Waals surface area contributed by atoms with Crippen molar-refractivity contribution in [1.29, 1.82) is 10.5 Å². The molecule has 0 aromatic carbocycles. The summed E-state index contributed by atoms with van der Waals surface area (Å²) in [6, 6.07) is 4.30. The molecule has 0 N–H and O–H groups in total. The topological polar surface area (TPSA) is 81.7 Å². The fourth-order valence-corrected chi connectivity index (χ4v) is 5.48. The lowest BCUT2D eigenvalue weighted by Crippen LogP contribution is -2.53. The molecule has 0 saturated heterocycles. The van der Waals surface area contributed by atoms with Crippen molar-refractivity contribution in [3.63, 3.8) is 0 Å². The van der Waals surface area contributed by atoms with Crippen LogP contribution in [0.5, 0.6) is 0 Å². The molecule has 0 aromatic heterocycles. The van der Waals surface area contributed by atoms with Crippen molar-refractivity contribution in [2.24, 2.45) is 34.5 Å². The lowest BCUT2D eigenvalue weighted by atomic mass is 9.45. The first-order valence-electron chi connectivity index (χ1n) is 9.36. The first-order chi connectivity index (χ1) is 11.8. The SMILES string of the molecule is CC.CC1C(=O)C(C#N)CC2(C)C3=CC(=O)C(C#N)C[C@]3(C)CCC12. The number of carbonyl (C=O) groups excluding carboxylic acids is 2. The first-order valence-corrected chi connectivity index (χ1v) is 9.36. The van der Waals surface area contributed by atoms with Crippen molar-refractivity contribution < 1.29 is 9.59 Å². The molecule has 25 heavy (non-hydrogen) atoms. The van der Waals surface area contributed by atoms with E-state index in [-0.39, 0.29) is 34.2 Å². The second kappa shape index (κ2) is 6.75. The Morgan fingerprint density at radius 2 is 1.68 bits per heavy atom. The highest BCUT2D eigenvalue weighted by molar-refractivity contribution is 5.96. The Bertz CT molecular complexity index is 696. The molecule has 0 spiro atoms. The molecule has 0 radical (unpaired) electrons. The minimum Gasteiger partial charge on any atom is -0.298 e. The van der Waals surface area contributed by atoms with E-state index in [2.05, 4.69) is 26.0 Å². The highest BCUT2D eigenvalue weighted by Gasteiger charge is 2.58. The minimum atomic E-state index is -0.585. The molecule has 0 heterocycles. The Labute approximate surface area is 150 Å². The summed E-state index contributed by atoms with van der Waals surface area (Å²) in [6.07, 6.45) is 4.57. The van der Waals surface area contributed by atoms with Gasteiger partial charge in [-0.05, 0) is 48.5 Å². The van der Waals surface area contributed by atoms with Crippen molar-refractivity contribution >= 4 is 11.6 Å². The molecule has 0 amide bonds. The fraction of sp³-hybridized carbons (Fsp3) is 0.714. The number of nitrogens with zero attached hydrogens (tertiary/aromatic N) is 2. The van der Waals surface area contributed by atoms with Gasteiger partial charge in [-0.2, -0.15) is 10.5 Å². The summed E-state index contributed by atoms with van der Waals surface area (Å²) in [6.45, 7) is 10.2. The number of nitriles is 2. The lowest BCUT2D eigenvalue weighted by Gasteiger charge is -2.57. The summed E-state index contributed by atoms with van der Waals surface area (Å²) in [7, 11) is 0. The molecule has 3 rings (SSSR count). The van der Waals surface area contributed by atoms with Gasteiger partial charge in [-0.3, -0.25) is 9.59 Å². The highest BCUT2D eigenvalue weighted by atomic mass is 16.1. The van der Waals surface area contributed by atoms with Crippen molar-refractivity contribution in [2.45, 2.75) is 60.3 Å². The van der Waals surface area contributed by atoms with Crippen LogP contribution in [0.4, 0.5) is 0 Å². The summed E-state index contributed by atoms with van der Waals surface area (Å²) in [4.78, 5) is 24.7. The summed E-state index contributed by atoms with van der Waals surface area (Å²) < 4.78 is 0. The quantitative estimate of drug-likeness (QED) is 0.661. The van der Waals surface area contributed by atoms with Crippen molar-refractivity contribution in [3.8, 4) is 12.1 Å². The smallest absolute Gasteiger partial charge is 0.172 e. The number of ketones is 2. The zero-order valence-corrected chi connectivity index (χ0v) is 15.9. The van der Waals surface area contributed by atoms with Crippen molar-refractivity contribution in [2.75, 3.05) is 0 Å². The molecule has 0 bridgehead atoms. The Hall–Kier alpha value is -1.94. The largest absolute Gasteiger partial charge is 0.298 e. The Kier molecular flexibility index (Phi) is 5.24. The molecule has 2 saturated carbocycles. The van der Waals surface area contributed by atoms with Crippen LogP contribution in [0.15, 0.2) is 11.6 Å². The van der Waals surface area contributed by atoms with Crippen molar-refractivity contribution in [1.82, 2.24) is 0 Å². The van der Waals surface area contributed by atoms with Gasteiger partial charge in [-0.15, -0.1) is 0 Å². The molecule has 2 fully saturated rings. The van der Waals surface area contributed by atoms with Crippen LogP contribution < -0.4 is 0 Å². The third kappa shape index (κ3) is 2.82. The van der Waals surface area contributed by atoms with E-state index in [1.165, 1.54) is 0 Å². The number of fused-ring (bicyclic) bond motifs is 3. The Balaban J connectivity index is 0.00000109. The number of hydrogen-bond donors (Lipinski definition) is 0. The van der Waals surface area contributed by atoms with Gasteiger partial charge >= 0.3 is 0 Å². The van der Waals surface area contributed by atoms with Crippen LogP contribution >= 0.6 is 0 Å². The van der Waals surface area contributed by atoms with Gasteiger partial charge in [-0.25, -0.2) is 0 Å². The summed E-state index contributed by atoms with van der Waals surface area (Å²) in [5, 5.41) is 18.6. The zero-order valence-electron chi connectivity index (χ0n) is 15.9. The monoisotopic (exact) mass is 340 g/mol. The lowest BCUT2D eigenvalue weighted by molar-refractivity contribution is -0.135. The van der Waals surface area contributed by atoms with Crippen molar-refractivity contribution in [3.05, 3.63) is 11.6 Å². The Morgan fingerprint density at radius 3 is 2.24 bits per heavy atom. The Morgan fingerprint density at radius 1 is 1.08 bits per heavy atom. The van der Waals surface area contributed by atoms with Gasteiger partial charge in [0.25, 0.3) is 0 Å². The summed E-state index contributed by atoms with van der Waals surface area (Å²) >= 11 is 0. The molecule has 5 unspecified atom stereocenters. The van der Waals surface area contributed by atoms with Gasteiger partial charge in [0.1, 0.15) is 11.8 Å². The van der Waals surface area contributed by atoms with Crippen LogP contribution in [0, 0.1) is 57.2 Å². The molecule has 4 nitrogen and oxygen atoms in total. The number of allylic oxidation sites excluding steroid dienone is 2. The molecule has 6 atom stereocenters. The van der Waals surface area contributed by atoms with E-state index in [1.807, 2.05) is 20.8 Å². The van der Waals surface area contributed by atoms with Gasteiger partial charge in [0, 0.05) is 5.92 Å². The second-order valence-electron chi connectivity index (χ2n) is 8.05. The minimum absolute atomic E-state index is 0.0521. The average Bonchev–Trinajstić information content (AvgIpc) is 2.61. The molecule has 3 aliphatic rings. The van der Waals surface area contributed by atoms with Gasteiger partial charge in [-0.1, -0.05) is 40.2 Å². The van der Waals surface area contributed by atoms with E-state index < -0.39 is 11.8 Å². The normalized spacial score (nSPS) is 42.6. The van der Waals surface area contributed by atoms with Crippen LogP contribution in [0.3, 0.4) is 0 Å². The molecular weight excluding hydrogens is 312 g/mol. The van der Waals surface area contributed by atoms with E-state index in [9.17, 15) is 20.1 Å². The van der Waals surface area contributed by atoms with Crippen LogP contribution in [0.2, 0.25) is 0 Å². The van der Waals surface area contributed by atoms with Gasteiger partial charge < -0.3 is 0 Å². The summed E-state index contributed by atoms with van der Waals surface area (Å²) in [5.41, 5.74) is 0.619. The predicted octanol–water partition coefficient (Wildman–Crippen LogP) is 4.22. The predicted molar refractivity (Wildman–Crippen MR) is 95.0 cm³/mol.